The molecular weight excluding hydrogens is 326 g/mol. The molecule has 2 rings (SSSR count). The van der Waals surface area contributed by atoms with Gasteiger partial charge in [0.2, 0.25) is 11.8 Å². The molecule has 0 aliphatic heterocycles. The van der Waals surface area contributed by atoms with Gasteiger partial charge in [-0.3, -0.25) is 4.79 Å². The van der Waals surface area contributed by atoms with Crippen LogP contribution in [0.2, 0.25) is 0 Å². The summed E-state index contributed by atoms with van der Waals surface area (Å²) in [7, 11) is 1.38. The molecule has 0 radical (unpaired) electrons. The van der Waals surface area contributed by atoms with E-state index in [-0.39, 0.29) is 23.6 Å². The van der Waals surface area contributed by atoms with Crippen LogP contribution in [0.15, 0.2) is 22.7 Å². The number of rotatable bonds is 9. The molecule has 1 heterocycles. The SMILES string of the molecule is CCCc1noc(CCCC(=O)Nc2ccc(C(=O)O)c(OC)c2)n1. The van der Waals surface area contributed by atoms with Gasteiger partial charge in [0, 0.05) is 31.0 Å². The van der Waals surface area contributed by atoms with Crippen LogP contribution in [-0.2, 0) is 17.6 Å². The Morgan fingerprint density at radius 3 is 2.80 bits per heavy atom. The van der Waals surface area contributed by atoms with Crippen LogP contribution in [0.3, 0.4) is 0 Å². The number of aryl methyl sites for hydroxylation is 2. The summed E-state index contributed by atoms with van der Waals surface area (Å²) in [5, 5.41) is 15.6. The maximum Gasteiger partial charge on any atom is 0.339 e. The fourth-order valence-corrected chi connectivity index (χ4v) is 2.29. The van der Waals surface area contributed by atoms with Crippen molar-refractivity contribution in [2.24, 2.45) is 0 Å². The van der Waals surface area contributed by atoms with Crippen molar-refractivity contribution in [1.82, 2.24) is 10.1 Å². The topological polar surface area (TPSA) is 115 Å². The lowest BCUT2D eigenvalue weighted by atomic mass is 10.1. The molecule has 134 valence electrons. The number of carboxylic acids is 1. The summed E-state index contributed by atoms with van der Waals surface area (Å²) in [6.07, 6.45) is 3.12. The maximum absolute atomic E-state index is 12.0. The second-order valence-electron chi connectivity index (χ2n) is 5.48. The number of anilines is 1. The van der Waals surface area contributed by atoms with E-state index < -0.39 is 5.97 Å². The van der Waals surface area contributed by atoms with Crippen LogP contribution >= 0.6 is 0 Å². The number of aromatic carboxylic acids is 1. The Labute approximate surface area is 145 Å². The van der Waals surface area contributed by atoms with Crippen molar-refractivity contribution >= 4 is 17.6 Å². The van der Waals surface area contributed by atoms with E-state index in [1.54, 1.807) is 0 Å². The van der Waals surface area contributed by atoms with Crippen LogP contribution in [0.1, 0.15) is 48.3 Å². The maximum atomic E-state index is 12.0. The fraction of sp³-hybridized carbons (Fsp3) is 0.412. The van der Waals surface area contributed by atoms with Crippen LogP contribution in [0, 0.1) is 0 Å². The van der Waals surface area contributed by atoms with Gasteiger partial charge in [0.05, 0.1) is 7.11 Å². The molecule has 0 bridgehead atoms. The molecular formula is C17H21N3O5. The number of aromatic nitrogens is 2. The molecule has 1 aromatic heterocycles. The van der Waals surface area contributed by atoms with Gasteiger partial charge in [-0.25, -0.2) is 4.79 Å². The number of nitrogens with zero attached hydrogens (tertiary/aromatic N) is 2. The molecule has 0 aliphatic rings. The largest absolute Gasteiger partial charge is 0.496 e. The van der Waals surface area contributed by atoms with Crippen molar-refractivity contribution < 1.29 is 24.0 Å². The van der Waals surface area contributed by atoms with Gasteiger partial charge in [0.25, 0.3) is 0 Å². The minimum Gasteiger partial charge on any atom is -0.496 e. The van der Waals surface area contributed by atoms with E-state index >= 15 is 0 Å². The fourth-order valence-electron chi connectivity index (χ4n) is 2.29. The average molecular weight is 347 g/mol. The summed E-state index contributed by atoms with van der Waals surface area (Å²) in [5.41, 5.74) is 0.523. The molecule has 0 fully saturated rings. The van der Waals surface area contributed by atoms with Crippen molar-refractivity contribution in [1.29, 1.82) is 0 Å². The Hall–Kier alpha value is -2.90. The van der Waals surface area contributed by atoms with Gasteiger partial charge in [-0.05, 0) is 25.0 Å². The lowest BCUT2D eigenvalue weighted by Gasteiger charge is -2.09. The van der Waals surface area contributed by atoms with E-state index in [1.165, 1.54) is 25.3 Å². The van der Waals surface area contributed by atoms with Gasteiger partial charge >= 0.3 is 5.97 Å². The Bertz CT molecular complexity index is 742. The number of amides is 1. The van der Waals surface area contributed by atoms with Crippen molar-refractivity contribution in [3.05, 3.63) is 35.5 Å². The molecule has 8 heteroatoms. The summed E-state index contributed by atoms with van der Waals surface area (Å²) >= 11 is 0. The van der Waals surface area contributed by atoms with Gasteiger partial charge in [0.15, 0.2) is 5.82 Å². The Balaban J connectivity index is 1.84. The average Bonchev–Trinajstić information content (AvgIpc) is 3.02. The van der Waals surface area contributed by atoms with Crippen LogP contribution in [0.25, 0.3) is 0 Å². The first-order valence-corrected chi connectivity index (χ1v) is 8.06. The number of hydrogen-bond donors (Lipinski definition) is 2. The summed E-state index contributed by atoms with van der Waals surface area (Å²) in [4.78, 5) is 27.3. The zero-order valence-corrected chi connectivity index (χ0v) is 14.2. The highest BCUT2D eigenvalue weighted by atomic mass is 16.5. The molecule has 0 unspecified atom stereocenters. The second-order valence-corrected chi connectivity index (χ2v) is 5.48. The van der Waals surface area contributed by atoms with E-state index in [2.05, 4.69) is 15.5 Å². The van der Waals surface area contributed by atoms with E-state index in [4.69, 9.17) is 14.4 Å². The lowest BCUT2D eigenvalue weighted by molar-refractivity contribution is -0.116. The van der Waals surface area contributed by atoms with E-state index in [0.717, 1.165) is 12.8 Å². The van der Waals surface area contributed by atoms with Crippen molar-refractivity contribution in [2.45, 2.75) is 39.0 Å². The van der Waals surface area contributed by atoms with Crippen LogP contribution in [-0.4, -0.2) is 34.2 Å². The summed E-state index contributed by atoms with van der Waals surface area (Å²) in [6.45, 7) is 2.04. The number of carbonyl (C=O) groups is 2. The highest BCUT2D eigenvalue weighted by molar-refractivity contribution is 5.94. The quantitative estimate of drug-likeness (QED) is 0.716. The summed E-state index contributed by atoms with van der Waals surface area (Å²) < 4.78 is 10.1. The first kappa shape index (κ1) is 18.4. The summed E-state index contributed by atoms with van der Waals surface area (Å²) in [6, 6.07) is 4.40. The first-order chi connectivity index (χ1) is 12.0. The Morgan fingerprint density at radius 1 is 1.32 bits per heavy atom. The molecule has 1 aromatic carbocycles. The van der Waals surface area contributed by atoms with E-state index in [0.29, 0.717) is 30.2 Å². The van der Waals surface area contributed by atoms with Crippen molar-refractivity contribution in [3.63, 3.8) is 0 Å². The van der Waals surface area contributed by atoms with Crippen molar-refractivity contribution in [3.8, 4) is 5.75 Å². The number of carbonyl (C=O) groups excluding carboxylic acids is 1. The zero-order valence-electron chi connectivity index (χ0n) is 14.2. The van der Waals surface area contributed by atoms with Crippen LogP contribution < -0.4 is 10.1 Å². The Morgan fingerprint density at radius 2 is 2.12 bits per heavy atom. The van der Waals surface area contributed by atoms with Gasteiger partial charge in [0.1, 0.15) is 11.3 Å². The highest BCUT2D eigenvalue weighted by Crippen LogP contribution is 2.23. The number of nitrogens with one attached hydrogen (secondary N) is 1. The molecule has 2 aromatic rings. The second kappa shape index (κ2) is 8.81. The molecule has 0 spiro atoms. The predicted octanol–water partition coefficient (Wildman–Crippen LogP) is 2.69. The third-order valence-corrected chi connectivity index (χ3v) is 3.49. The molecule has 25 heavy (non-hydrogen) atoms. The molecule has 1 amide bonds. The number of carboxylic acid groups (broad SMARTS) is 1. The summed E-state index contributed by atoms with van der Waals surface area (Å²) in [5.74, 6) is 0.145. The Kier molecular flexibility index (Phi) is 6.50. The zero-order chi connectivity index (χ0) is 18.2. The molecule has 0 saturated carbocycles. The number of methoxy groups -OCH3 is 1. The molecule has 0 aliphatic carbocycles. The monoisotopic (exact) mass is 347 g/mol. The van der Waals surface area contributed by atoms with E-state index in [1.807, 2.05) is 6.92 Å². The molecule has 0 saturated heterocycles. The normalized spacial score (nSPS) is 10.5. The van der Waals surface area contributed by atoms with Crippen LogP contribution in [0.5, 0.6) is 5.75 Å². The van der Waals surface area contributed by atoms with Gasteiger partial charge < -0.3 is 19.7 Å². The number of benzene rings is 1. The standard InChI is InChI=1S/C17H21N3O5/c1-3-5-14-19-16(25-20-14)7-4-6-15(21)18-11-8-9-12(17(22)23)13(10-11)24-2/h8-10H,3-7H2,1-2H3,(H,18,21)(H,22,23). The smallest absolute Gasteiger partial charge is 0.339 e. The van der Waals surface area contributed by atoms with Gasteiger partial charge in [-0.1, -0.05) is 12.1 Å². The minimum atomic E-state index is -1.09. The first-order valence-electron chi connectivity index (χ1n) is 8.06. The number of ether oxygens (including phenoxy) is 1. The third kappa shape index (κ3) is 5.30. The van der Waals surface area contributed by atoms with Gasteiger partial charge in [-0.15, -0.1) is 0 Å². The van der Waals surface area contributed by atoms with E-state index in [9.17, 15) is 9.59 Å². The lowest BCUT2D eigenvalue weighted by Crippen LogP contribution is -2.12. The molecule has 2 N–H and O–H groups in total. The number of hydrogen-bond acceptors (Lipinski definition) is 6. The molecule has 8 nitrogen and oxygen atoms in total. The van der Waals surface area contributed by atoms with Crippen LogP contribution in [0.4, 0.5) is 5.69 Å². The molecule has 0 atom stereocenters. The highest BCUT2D eigenvalue weighted by Gasteiger charge is 2.13. The van der Waals surface area contributed by atoms with Crippen molar-refractivity contribution in [2.75, 3.05) is 12.4 Å². The minimum absolute atomic E-state index is 0.0415. The van der Waals surface area contributed by atoms with Gasteiger partial charge in [-0.2, -0.15) is 4.98 Å². The predicted molar refractivity (Wildman–Crippen MR) is 89.8 cm³/mol. The third-order valence-electron chi connectivity index (χ3n) is 3.49.